The fourth-order valence-corrected chi connectivity index (χ4v) is 3.68. The second-order valence-electron chi connectivity index (χ2n) is 7.89. The first-order valence-electron chi connectivity index (χ1n) is 8.99. The zero-order valence-corrected chi connectivity index (χ0v) is 15.1. The standard InChI is InChI=1S/C17H29N5O2/c1-11-18-15-14(9-6-10-22(15)21-11)19-12-7-5-8-13(12)20-16(23)24-17(2,3)4/h12-14,19H,5-10H2,1-4H3,(H,20,23). The van der Waals surface area contributed by atoms with Crippen molar-refractivity contribution in [2.24, 2.45) is 0 Å². The molecule has 2 heterocycles. The molecule has 3 rings (SSSR count). The zero-order valence-electron chi connectivity index (χ0n) is 15.1. The number of carbonyl (C=O) groups excluding carboxylic acids is 1. The van der Waals surface area contributed by atoms with Crippen LogP contribution in [0.25, 0.3) is 0 Å². The van der Waals surface area contributed by atoms with Crippen LogP contribution in [-0.2, 0) is 11.3 Å². The molecule has 7 heteroatoms. The fraction of sp³-hybridized carbons (Fsp3) is 0.824. The van der Waals surface area contributed by atoms with Crippen LogP contribution in [0.1, 0.15) is 70.6 Å². The Hall–Kier alpha value is -1.63. The van der Waals surface area contributed by atoms with Crippen molar-refractivity contribution in [3.63, 3.8) is 0 Å². The predicted octanol–water partition coefficient (Wildman–Crippen LogP) is 2.46. The Kier molecular flexibility index (Phi) is 4.80. The molecule has 1 aliphatic heterocycles. The number of alkyl carbamates (subject to hydrolysis) is 1. The van der Waals surface area contributed by atoms with Gasteiger partial charge in [-0.15, -0.1) is 0 Å². The van der Waals surface area contributed by atoms with E-state index < -0.39 is 5.60 Å². The first kappa shape index (κ1) is 17.2. The van der Waals surface area contributed by atoms with Gasteiger partial charge in [-0.3, -0.25) is 0 Å². The summed E-state index contributed by atoms with van der Waals surface area (Å²) in [4.78, 5) is 16.7. The zero-order chi connectivity index (χ0) is 17.3. The summed E-state index contributed by atoms with van der Waals surface area (Å²) in [5.74, 6) is 1.86. The normalized spacial score (nSPS) is 26.9. The van der Waals surface area contributed by atoms with Crippen molar-refractivity contribution in [1.82, 2.24) is 25.4 Å². The van der Waals surface area contributed by atoms with Gasteiger partial charge in [0, 0.05) is 18.6 Å². The van der Waals surface area contributed by atoms with Gasteiger partial charge in [0.25, 0.3) is 0 Å². The molecular formula is C17H29N5O2. The van der Waals surface area contributed by atoms with Crippen molar-refractivity contribution in [3.8, 4) is 0 Å². The Labute approximate surface area is 143 Å². The van der Waals surface area contributed by atoms with E-state index in [1.165, 1.54) is 0 Å². The summed E-state index contributed by atoms with van der Waals surface area (Å²) in [5.41, 5.74) is -0.469. The number of aryl methyl sites for hydroxylation is 2. The molecule has 1 aromatic rings. The number of rotatable bonds is 3. The largest absolute Gasteiger partial charge is 0.444 e. The molecule has 1 saturated carbocycles. The number of hydrogen-bond donors (Lipinski definition) is 2. The summed E-state index contributed by atoms with van der Waals surface area (Å²) in [6.07, 6.45) is 4.98. The predicted molar refractivity (Wildman–Crippen MR) is 90.7 cm³/mol. The molecule has 1 aliphatic carbocycles. The van der Waals surface area contributed by atoms with Crippen LogP contribution in [0.5, 0.6) is 0 Å². The average molecular weight is 335 g/mol. The van der Waals surface area contributed by atoms with Crippen molar-refractivity contribution in [2.75, 3.05) is 0 Å². The summed E-state index contributed by atoms with van der Waals surface area (Å²) in [5, 5.41) is 11.2. The van der Waals surface area contributed by atoms with Crippen molar-refractivity contribution in [2.45, 2.75) is 90.1 Å². The van der Waals surface area contributed by atoms with Gasteiger partial charge in [0.15, 0.2) is 0 Å². The van der Waals surface area contributed by atoms with Gasteiger partial charge in [-0.1, -0.05) is 0 Å². The lowest BCUT2D eigenvalue weighted by Crippen LogP contribution is -2.49. The third-order valence-electron chi connectivity index (χ3n) is 4.61. The topological polar surface area (TPSA) is 81.1 Å². The maximum Gasteiger partial charge on any atom is 0.407 e. The second-order valence-corrected chi connectivity index (χ2v) is 7.89. The average Bonchev–Trinajstić information content (AvgIpc) is 3.03. The maximum absolute atomic E-state index is 12.1. The minimum absolute atomic E-state index is 0.110. The van der Waals surface area contributed by atoms with E-state index in [0.29, 0.717) is 0 Å². The summed E-state index contributed by atoms with van der Waals surface area (Å²) in [6.45, 7) is 8.53. The number of hydrogen-bond acceptors (Lipinski definition) is 5. The van der Waals surface area contributed by atoms with Crippen molar-refractivity contribution in [3.05, 3.63) is 11.6 Å². The number of nitrogens with zero attached hydrogens (tertiary/aromatic N) is 3. The molecule has 1 aromatic heterocycles. The highest BCUT2D eigenvalue weighted by atomic mass is 16.6. The molecule has 2 N–H and O–H groups in total. The monoisotopic (exact) mass is 335 g/mol. The van der Waals surface area contributed by atoms with E-state index in [1.54, 1.807) is 0 Å². The molecule has 0 radical (unpaired) electrons. The minimum Gasteiger partial charge on any atom is -0.444 e. The highest BCUT2D eigenvalue weighted by Gasteiger charge is 2.34. The number of nitrogens with one attached hydrogen (secondary N) is 2. The van der Waals surface area contributed by atoms with Gasteiger partial charge in [0.05, 0.1) is 6.04 Å². The summed E-state index contributed by atoms with van der Waals surface area (Å²) in [7, 11) is 0. The first-order valence-corrected chi connectivity index (χ1v) is 8.99. The number of ether oxygens (including phenoxy) is 1. The number of fused-ring (bicyclic) bond motifs is 1. The molecule has 0 aromatic carbocycles. The van der Waals surface area contributed by atoms with Gasteiger partial charge >= 0.3 is 6.09 Å². The molecule has 2 aliphatic rings. The second kappa shape index (κ2) is 6.70. The van der Waals surface area contributed by atoms with Gasteiger partial charge in [-0.25, -0.2) is 14.5 Å². The van der Waals surface area contributed by atoms with Crippen LogP contribution < -0.4 is 10.6 Å². The molecular weight excluding hydrogens is 306 g/mol. The van der Waals surface area contributed by atoms with Gasteiger partial charge < -0.3 is 15.4 Å². The highest BCUT2D eigenvalue weighted by molar-refractivity contribution is 5.68. The van der Waals surface area contributed by atoms with E-state index in [4.69, 9.17) is 4.74 Å². The van der Waals surface area contributed by atoms with E-state index in [2.05, 4.69) is 20.7 Å². The Morgan fingerprint density at radius 2 is 1.96 bits per heavy atom. The molecule has 1 fully saturated rings. The van der Waals surface area contributed by atoms with Crippen molar-refractivity contribution < 1.29 is 9.53 Å². The Bertz CT molecular complexity index is 592. The van der Waals surface area contributed by atoms with E-state index in [9.17, 15) is 4.79 Å². The Balaban J connectivity index is 1.61. The minimum atomic E-state index is -0.469. The fourth-order valence-electron chi connectivity index (χ4n) is 3.68. The molecule has 24 heavy (non-hydrogen) atoms. The molecule has 7 nitrogen and oxygen atoms in total. The lowest BCUT2D eigenvalue weighted by atomic mass is 10.0. The van der Waals surface area contributed by atoms with Crippen LogP contribution >= 0.6 is 0 Å². The summed E-state index contributed by atoms with van der Waals surface area (Å²) < 4.78 is 7.41. The van der Waals surface area contributed by atoms with Crippen LogP contribution in [0, 0.1) is 6.92 Å². The third kappa shape index (κ3) is 4.06. The Morgan fingerprint density at radius 3 is 2.71 bits per heavy atom. The smallest absolute Gasteiger partial charge is 0.407 e. The third-order valence-corrected chi connectivity index (χ3v) is 4.61. The van der Waals surface area contributed by atoms with Crippen LogP contribution in [0.2, 0.25) is 0 Å². The van der Waals surface area contributed by atoms with Gasteiger partial charge in [0.2, 0.25) is 0 Å². The molecule has 0 saturated heterocycles. The lowest BCUT2D eigenvalue weighted by Gasteiger charge is -2.30. The van der Waals surface area contributed by atoms with Crippen LogP contribution in [0.15, 0.2) is 0 Å². The molecule has 0 spiro atoms. The quantitative estimate of drug-likeness (QED) is 0.887. The highest BCUT2D eigenvalue weighted by Crippen LogP contribution is 2.28. The van der Waals surface area contributed by atoms with E-state index in [-0.39, 0.29) is 24.2 Å². The van der Waals surface area contributed by atoms with Crippen LogP contribution in [0.3, 0.4) is 0 Å². The maximum atomic E-state index is 12.1. The lowest BCUT2D eigenvalue weighted by molar-refractivity contribution is 0.0496. The molecule has 1 amide bonds. The first-order chi connectivity index (χ1) is 11.3. The van der Waals surface area contributed by atoms with Gasteiger partial charge in [-0.2, -0.15) is 5.10 Å². The summed E-state index contributed by atoms with van der Waals surface area (Å²) >= 11 is 0. The van der Waals surface area contributed by atoms with Crippen LogP contribution in [0.4, 0.5) is 4.79 Å². The Morgan fingerprint density at radius 1 is 1.21 bits per heavy atom. The molecule has 134 valence electrons. The van der Waals surface area contributed by atoms with Crippen molar-refractivity contribution in [1.29, 1.82) is 0 Å². The van der Waals surface area contributed by atoms with E-state index >= 15 is 0 Å². The van der Waals surface area contributed by atoms with Crippen molar-refractivity contribution >= 4 is 6.09 Å². The molecule has 3 unspecified atom stereocenters. The molecule has 0 bridgehead atoms. The van der Waals surface area contributed by atoms with Gasteiger partial charge in [0.1, 0.15) is 17.2 Å². The number of aromatic nitrogens is 3. The van der Waals surface area contributed by atoms with E-state index in [1.807, 2.05) is 32.4 Å². The van der Waals surface area contributed by atoms with E-state index in [0.717, 1.165) is 50.3 Å². The summed E-state index contributed by atoms with van der Waals surface area (Å²) in [6, 6.07) is 0.580. The van der Waals surface area contributed by atoms with Gasteiger partial charge in [-0.05, 0) is 59.8 Å². The SMILES string of the molecule is Cc1nc2n(n1)CCCC2NC1CCCC1NC(=O)OC(C)(C)C. The van der Waals surface area contributed by atoms with Crippen LogP contribution in [-0.4, -0.2) is 38.5 Å². The number of carbonyl (C=O) groups is 1. The number of amides is 1. The molecule has 3 atom stereocenters.